The van der Waals surface area contributed by atoms with Gasteiger partial charge in [0.1, 0.15) is 5.75 Å². The van der Waals surface area contributed by atoms with Gasteiger partial charge in [-0.2, -0.15) is 0 Å². The molecule has 0 aliphatic rings. The summed E-state index contributed by atoms with van der Waals surface area (Å²) in [6.45, 7) is 11.6. The Kier molecular flexibility index (Phi) is 7.08. The normalized spacial score (nSPS) is 14.3. The standard InChI is InChI=1S/C18H31NO/c1-6-16(19)10-8-14(5)15-9-11-18(20-7-2)17(12-15)13(3)4/h9,11-14,16H,6-8,10,19H2,1-5H3. The average molecular weight is 277 g/mol. The second-order valence-corrected chi connectivity index (χ2v) is 6.03. The first-order valence-corrected chi connectivity index (χ1v) is 8.01. The van der Waals surface area contributed by atoms with E-state index in [0.29, 0.717) is 17.9 Å². The minimum atomic E-state index is 0.338. The molecule has 1 aromatic carbocycles. The molecular weight excluding hydrogens is 246 g/mol. The number of rotatable bonds is 8. The highest BCUT2D eigenvalue weighted by Gasteiger charge is 2.13. The third kappa shape index (κ3) is 4.82. The second kappa shape index (κ2) is 8.31. The van der Waals surface area contributed by atoms with Crippen LogP contribution in [0.1, 0.15) is 76.8 Å². The number of benzene rings is 1. The van der Waals surface area contributed by atoms with E-state index in [1.165, 1.54) is 11.1 Å². The molecule has 0 saturated carbocycles. The van der Waals surface area contributed by atoms with Crippen molar-refractivity contribution in [3.63, 3.8) is 0 Å². The van der Waals surface area contributed by atoms with E-state index in [-0.39, 0.29) is 0 Å². The highest BCUT2D eigenvalue weighted by molar-refractivity contribution is 5.40. The fourth-order valence-corrected chi connectivity index (χ4v) is 2.45. The van der Waals surface area contributed by atoms with Crippen LogP contribution in [0.3, 0.4) is 0 Å². The lowest BCUT2D eigenvalue weighted by Crippen LogP contribution is -2.18. The second-order valence-electron chi connectivity index (χ2n) is 6.03. The molecule has 0 radical (unpaired) electrons. The predicted octanol–water partition coefficient (Wildman–Crippen LogP) is 4.83. The summed E-state index contributed by atoms with van der Waals surface area (Å²) in [6, 6.07) is 6.99. The minimum absolute atomic E-state index is 0.338. The molecule has 0 heterocycles. The highest BCUT2D eigenvalue weighted by Crippen LogP contribution is 2.31. The monoisotopic (exact) mass is 277 g/mol. The van der Waals surface area contributed by atoms with Crippen molar-refractivity contribution >= 4 is 0 Å². The maximum Gasteiger partial charge on any atom is 0.122 e. The third-order valence-electron chi connectivity index (χ3n) is 4.02. The van der Waals surface area contributed by atoms with Gasteiger partial charge in [-0.25, -0.2) is 0 Å². The zero-order valence-electron chi connectivity index (χ0n) is 13.8. The zero-order valence-corrected chi connectivity index (χ0v) is 13.8. The summed E-state index contributed by atoms with van der Waals surface area (Å²) in [7, 11) is 0. The Morgan fingerprint density at radius 2 is 1.80 bits per heavy atom. The van der Waals surface area contributed by atoms with Crippen LogP contribution in [0.15, 0.2) is 18.2 Å². The first-order chi connectivity index (χ1) is 9.49. The summed E-state index contributed by atoms with van der Waals surface area (Å²) in [4.78, 5) is 0. The molecule has 1 aromatic rings. The van der Waals surface area contributed by atoms with E-state index in [0.717, 1.165) is 31.6 Å². The van der Waals surface area contributed by atoms with Crippen molar-refractivity contribution in [3.05, 3.63) is 29.3 Å². The fraction of sp³-hybridized carbons (Fsp3) is 0.667. The van der Waals surface area contributed by atoms with Crippen molar-refractivity contribution < 1.29 is 4.74 Å². The van der Waals surface area contributed by atoms with Crippen LogP contribution in [0.4, 0.5) is 0 Å². The number of nitrogens with two attached hydrogens (primary N) is 1. The molecule has 0 aliphatic heterocycles. The van der Waals surface area contributed by atoms with Crippen molar-refractivity contribution in [2.75, 3.05) is 6.61 Å². The fourth-order valence-electron chi connectivity index (χ4n) is 2.45. The van der Waals surface area contributed by atoms with Crippen molar-refractivity contribution in [2.45, 2.75) is 71.8 Å². The molecular formula is C18H31NO. The minimum Gasteiger partial charge on any atom is -0.494 e. The van der Waals surface area contributed by atoms with Gasteiger partial charge in [0.2, 0.25) is 0 Å². The predicted molar refractivity (Wildman–Crippen MR) is 87.6 cm³/mol. The molecule has 20 heavy (non-hydrogen) atoms. The summed E-state index contributed by atoms with van der Waals surface area (Å²) < 4.78 is 5.73. The van der Waals surface area contributed by atoms with E-state index in [9.17, 15) is 0 Å². The quantitative estimate of drug-likeness (QED) is 0.738. The molecule has 1 rings (SSSR count). The first-order valence-electron chi connectivity index (χ1n) is 8.01. The van der Waals surface area contributed by atoms with Crippen LogP contribution in [0.25, 0.3) is 0 Å². The van der Waals surface area contributed by atoms with Crippen LogP contribution < -0.4 is 10.5 Å². The number of ether oxygens (including phenoxy) is 1. The van der Waals surface area contributed by atoms with Gasteiger partial charge >= 0.3 is 0 Å². The summed E-state index contributed by atoms with van der Waals surface area (Å²) in [5.74, 6) is 2.08. The Bertz CT molecular complexity index is 400. The summed E-state index contributed by atoms with van der Waals surface area (Å²) in [5.41, 5.74) is 8.74. The lowest BCUT2D eigenvalue weighted by atomic mass is 9.90. The molecule has 0 aliphatic carbocycles. The Hall–Kier alpha value is -1.02. The number of hydrogen-bond acceptors (Lipinski definition) is 2. The van der Waals surface area contributed by atoms with Gasteiger partial charge in [-0.15, -0.1) is 0 Å². The first kappa shape index (κ1) is 17.0. The SMILES string of the molecule is CCOc1ccc(C(C)CCC(N)CC)cc1C(C)C. The van der Waals surface area contributed by atoms with Gasteiger partial charge in [0.25, 0.3) is 0 Å². The zero-order chi connectivity index (χ0) is 15.1. The Morgan fingerprint density at radius 3 is 2.35 bits per heavy atom. The van der Waals surface area contributed by atoms with Gasteiger partial charge in [-0.05, 0) is 55.2 Å². The smallest absolute Gasteiger partial charge is 0.122 e. The van der Waals surface area contributed by atoms with Gasteiger partial charge < -0.3 is 10.5 Å². The van der Waals surface area contributed by atoms with Crippen molar-refractivity contribution in [2.24, 2.45) is 5.73 Å². The largest absolute Gasteiger partial charge is 0.494 e. The topological polar surface area (TPSA) is 35.2 Å². The third-order valence-corrected chi connectivity index (χ3v) is 4.02. The van der Waals surface area contributed by atoms with Crippen molar-refractivity contribution in [1.82, 2.24) is 0 Å². The van der Waals surface area contributed by atoms with E-state index < -0.39 is 0 Å². The molecule has 114 valence electrons. The summed E-state index contributed by atoms with van der Waals surface area (Å²) in [5, 5.41) is 0. The van der Waals surface area contributed by atoms with Crippen LogP contribution in [-0.2, 0) is 0 Å². The lowest BCUT2D eigenvalue weighted by Gasteiger charge is -2.19. The summed E-state index contributed by atoms with van der Waals surface area (Å²) in [6.07, 6.45) is 3.32. The van der Waals surface area contributed by atoms with E-state index in [1.807, 2.05) is 6.92 Å². The Balaban J connectivity index is 2.82. The maximum atomic E-state index is 6.02. The molecule has 2 heteroatoms. The molecule has 0 spiro atoms. The van der Waals surface area contributed by atoms with Crippen LogP contribution in [-0.4, -0.2) is 12.6 Å². The summed E-state index contributed by atoms with van der Waals surface area (Å²) >= 11 is 0. The van der Waals surface area contributed by atoms with Gasteiger partial charge in [-0.1, -0.05) is 39.8 Å². The molecule has 0 fully saturated rings. The van der Waals surface area contributed by atoms with Gasteiger partial charge in [-0.3, -0.25) is 0 Å². The average Bonchev–Trinajstić information content (AvgIpc) is 2.44. The van der Waals surface area contributed by atoms with E-state index >= 15 is 0 Å². The van der Waals surface area contributed by atoms with Gasteiger partial charge in [0, 0.05) is 6.04 Å². The lowest BCUT2D eigenvalue weighted by molar-refractivity contribution is 0.335. The molecule has 0 saturated heterocycles. The maximum absolute atomic E-state index is 6.02. The van der Waals surface area contributed by atoms with Crippen LogP contribution in [0.2, 0.25) is 0 Å². The molecule has 2 N–H and O–H groups in total. The Labute approximate surface area is 124 Å². The molecule has 0 bridgehead atoms. The van der Waals surface area contributed by atoms with E-state index in [4.69, 9.17) is 10.5 Å². The molecule has 0 amide bonds. The van der Waals surface area contributed by atoms with Gasteiger partial charge in [0.05, 0.1) is 6.61 Å². The van der Waals surface area contributed by atoms with Gasteiger partial charge in [0.15, 0.2) is 0 Å². The Morgan fingerprint density at radius 1 is 1.10 bits per heavy atom. The molecule has 2 nitrogen and oxygen atoms in total. The van der Waals surface area contributed by atoms with Crippen molar-refractivity contribution in [3.8, 4) is 5.75 Å². The van der Waals surface area contributed by atoms with Crippen LogP contribution in [0, 0.1) is 0 Å². The van der Waals surface area contributed by atoms with Crippen LogP contribution in [0.5, 0.6) is 5.75 Å². The van der Waals surface area contributed by atoms with E-state index in [1.54, 1.807) is 0 Å². The van der Waals surface area contributed by atoms with E-state index in [2.05, 4.69) is 45.9 Å². The molecule has 2 atom stereocenters. The highest BCUT2D eigenvalue weighted by atomic mass is 16.5. The number of hydrogen-bond donors (Lipinski definition) is 1. The molecule has 0 aromatic heterocycles. The van der Waals surface area contributed by atoms with Crippen molar-refractivity contribution in [1.29, 1.82) is 0 Å². The molecule has 2 unspecified atom stereocenters. The van der Waals surface area contributed by atoms with Crippen LogP contribution >= 0.6 is 0 Å².